The molecule has 1 aromatic carbocycles. The minimum absolute atomic E-state index is 0.163. The summed E-state index contributed by atoms with van der Waals surface area (Å²) in [5, 5.41) is 11.9. The van der Waals surface area contributed by atoms with E-state index in [0.717, 1.165) is 12.0 Å². The number of hydrogen-bond donors (Lipinski definition) is 2. The van der Waals surface area contributed by atoms with Crippen molar-refractivity contribution in [1.82, 2.24) is 9.78 Å². The molecule has 0 bridgehead atoms. The van der Waals surface area contributed by atoms with Crippen LogP contribution in [0, 0.1) is 5.41 Å². The SMILES string of the molecule is CCCn1nc(-c2cccc(OC)c2)cc(C(=N)N)c1=O. The van der Waals surface area contributed by atoms with Crippen LogP contribution in [0.2, 0.25) is 0 Å². The van der Waals surface area contributed by atoms with Gasteiger partial charge in [-0.15, -0.1) is 0 Å². The molecule has 0 aliphatic carbocycles. The van der Waals surface area contributed by atoms with Crippen LogP contribution < -0.4 is 16.0 Å². The van der Waals surface area contributed by atoms with E-state index in [0.29, 0.717) is 18.0 Å². The first-order valence-electron chi connectivity index (χ1n) is 6.67. The monoisotopic (exact) mass is 286 g/mol. The lowest BCUT2D eigenvalue weighted by atomic mass is 10.1. The Morgan fingerprint density at radius 2 is 2.19 bits per heavy atom. The minimum atomic E-state index is -0.337. The average molecular weight is 286 g/mol. The van der Waals surface area contributed by atoms with E-state index in [4.69, 9.17) is 15.9 Å². The highest BCUT2D eigenvalue weighted by molar-refractivity contribution is 5.95. The number of methoxy groups -OCH3 is 1. The van der Waals surface area contributed by atoms with Crippen LogP contribution in [-0.4, -0.2) is 22.7 Å². The molecule has 0 unspecified atom stereocenters. The second-order valence-electron chi connectivity index (χ2n) is 4.62. The third-order valence-electron chi connectivity index (χ3n) is 3.07. The number of ether oxygens (including phenoxy) is 1. The number of rotatable bonds is 5. The van der Waals surface area contributed by atoms with E-state index in [2.05, 4.69) is 5.10 Å². The first-order chi connectivity index (χ1) is 10.1. The maximum Gasteiger partial charge on any atom is 0.277 e. The lowest BCUT2D eigenvalue weighted by Crippen LogP contribution is -2.31. The molecule has 0 atom stereocenters. The summed E-state index contributed by atoms with van der Waals surface area (Å²) in [6.45, 7) is 2.44. The van der Waals surface area contributed by atoms with Gasteiger partial charge in [-0.25, -0.2) is 4.68 Å². The molecular weight excluding hydrogens is 268 g/mol. The second-order valence-corrected chi connectivity index (χ2v) is 4.62. The molecule has 110 valence electrons. The minimum Gasteiger partial charge on any atom is -0.497 e. The molecule has 0 fully saturated rings. The fourth-order valence-corrected chi connectivity index (χ4v) is 2.02. The molecule has 0 saturated heterocycles. The van der Waals surface area contributed by atoms with Crippen molar-refractivity contribution in [2.45, 2.75) is 19.9 Å². The Bertz CT molecular complexity index is 722. The predicted molar refractivity (Wildman–Crippen MR) is 81.8 cm³/mol. The summed E-state index contributed by atoms with van der Waals surface area (Å²) >= 11 is 0. The van der Waals surface area contributed by atoms with Crippen LogP contribution in [0.4, 0.5) is 0 Å². The predicted octanol–water partition coefficient (Wildman–Crippen LogP) is 1.61. The number of nitrogens with zero attached hydrogens (tertiary/aromatic N) is 2. The summed E-state index contributed by atoms with van der Waals surface area (Å²) in [5.74, 6) is 0.448. The molecule has 0 saturated carbocycles. The van der Waals surface area contributed by atoms with Gasteiger partial charge in [0.1, 0.15) is 11.6 Å². The summed E-state index contributed by atoms with van der Waals surface area (Å²) < 4.78 is 6.54. The molecule has 1 aromatic heterocycles. The van der Waals surface area contributed by atoms with Crippen molar-refractivity contribution >= 4 is 5.84 Å². The van der Waals surface area contributed by atoms with E-state index in [9.17, 15) is 4.79 Å². The molecule has 0 aliphatic heterocycles. The number of nitrogens with one attached hydrogen (secondary N) is 1. The van der Waals surface area contributed by atoms with E-state index in [-0.39, 0.29) is 17.0 Å². The molecule has 6 heteroatoms. The topological polar surface area (TPSA) is 94.0 Å². The Labute approximate surface area is 122 Å². The van der Waals surface area contributed by atoms with Gasteiger partial charge in [-0.1, -0.05) is 19.1 Å². The summed E-state index contributed by atoms with van der Waals surface area (Å²) in [5.41, 5.74) is 6.72. The number of nitrogens with two attached hydrogens (primary N) is 1. The first-order valence-corrected chi connectivity index (χ1v) is 6.67. The van der Waals surface area contributed by atoms with Crippen LogP contribution in [-0.2, 0) is 6.54 Å². The Hall–Kier alpha value is -2.63. The van der Waals surface area contributed by atoms with Crippen molar-refractivity contribution in [1.29, 1.82) is 5.41 Å². The van der Waals surface area contributed by atoms with Gasteiger partial charge < -0.3 is 10.5 Å². The van der Waals surface area contributed by atoms with Crippen molar-refractivity contribution in [3.63, 3.8) is 0 Å². The Balaban J connectivity index is 2.62. The third kappa shape index (κ3) is 3.10. The van der Waals surface area contributed by atoms with Crippen LogP contribution in [0.3, 0.4) is 0 Å². The van der Waals surface area contributed by atoms with Gasteiger partial charge in [0.2, 0.25) is 0 Å². The quantitative estimate of drug-likeness (QED) is 0.645. The maximum atomic E-state index is 12.2. The number of aryl methyl sites for hydroxylation is 1. The van der Waals surface area contributed by atoms with E-state index < -0.39 is 0 Å². The smallest absolute Gasteiger partial charge is 0.277 e. The number of amidine groups is 1. The largest absolute Gasteiger partial charge is 0.497 e. The van der Waals surface area contributed by atoms with Crippen LogP contribution >= 0.6 is 0 Å². The van der Waals surface area contributed by atoms with Gasteiger partial charge in [0, 0.05) is 12.1 Å². The van der Waals surface area contributed by atoms with Crippen LogP contribution in [0.15, 0.2) is 35.1 Å². The summed E-state index contributed by atoms with van der Waals surface area (Å²) in [6, 6.07) is 8.92. The number of hydrogen-bond acceptors (Lipinski definition) is 4. The Kier molecular flexibility index (Phi) is 4.37. The number of benzene rings is 1. The van der Waals surface area contributed by atoms with Crippen molar-refractivity contribution in [3.8, 4) is 17.0 Å². The molecule has 21 heavy (non-hydrogen) atoms. The fourth-order valence-electron chi connectivity index (χ4n) is 2.02. The normalized spacial score (nSPS) is 10.4. The van der Waals surface area contributed by atoms with Gasteiger partial charge in [-0.05, 0) is 24.6 Å². The lowest BCUT2D eigenvalue weighted by molar-refractivity contribution is 0.415. The molecule has 0 amide bonds. The highest BCUT2D eigenvalue weighted by Crippen LogP contribution is 2.21. The number of nitrogen functional groups attached to an aromatic ring is 1. The van der Waals surface area contributed by atoms with E-state index in [1.54, 1.807) is 13.2 Å². The van der Waals surface area contributed by atoms with Crippen LogP contribution in [0.5, 0.6) is 5.75 Å². The molecule has 2 rings (SSSR count). The highest BCUT2D eigenvalue weighted by Gasteiger charge is 2.12. The van der Waals surface area contributed by atoms with Gasteiger partial charge in [-0.3, -0.25) is 10.2 Å². The van der Waals surface area contributed by atoms with Gasteiger partial charge >= 0.3 is 0 Å². The molecule has 2 aromatic rings. The molecular formula is C15H18N4O2. The molecule has 3 N–H and O–H groups in total. The zero-order chi connectivity index (χ0) is 15.4. The molecule has 0 aliphatic rings. The zero-order valence-electron chi connectivity index (χ0n) is 12.1. The van der Waals surface area contributed by atoms with Gasteiger partial charge in [0.05, 0.1) is 18.4 Å². The number of aromatic nitrogens is 2. The third-order valence-corrected chi connectivity index (χ3v) is 3.07. The van der Waals surface area contributed by atoms with Crippen LogP contribution in [0.1, 0.15) is 18.9 Å². The van der Waals surface area contributed by atoms with Crippen molar-refractivity contribution < 1.29 is 4.74 Å². The average Bonchev–Trinajstić information content (AvgIpc) is 2.49. The van der Waals surface area contributed by atoms with Gasteiger partial charge in [-0.2, -0.15) is 5.10 Å². The molecule has 1 heterocycles. The van der Waals surface area contributed by atoms with E-state index >= 15 is 0 Å². The van der Waals surface area contributed by atoms with E-state index in [1.807, 2.05) is 31.2 Å². The molecule has 0 radical (unpaired) electrons. The zero-order valence-corrected chi connectivity index (χ0v) is 12.1. The maximum absolute atomic E-state index is 12.2. The van der Waals surface area contributed by atoms with Gasteiger partial charge in [0.25, 0.3) is 5.56 Å². The second kappa shape index (κ2) is 6.21. The van der Waals surface area contributed by atoms with Crippen molar-refractivity contribution in [2.24, 2.45) is 5.73 Å². The molecule has 6 nitrogen and oxygen atoms in total. The van der Waals surface area contributed by atoms with Gasteiger partial charge in [0.15, 0.2) is 0 Å². The summed E-state index contributed by atoms with van der Waals surface area (Å²) in [7, 11) is 1.59. The Morgan fingerprint density at radius 3 is 2.81 bits per heavy atom. The first kappa shape index (κ1) is 14.8. The highest BCUT2D eigenvalue weighted by atomic mass is 16.5. The standard InChI is InChI=1S/C15H18N4O2/c1-3-7-19-15(20)12(14(16)17)9-13(18-19)10-5-4-6-11(8-10)21-2/h4-6,8-9H,3,7H2,1-2H3,(H3,16,17). The Morgan fingerprint density at radius 1 is 1.43 bits per heavy atom. The summed E-state index contributed by atoms with van der Waals surface area (Å²) in [4.78, 5) is 12.2. The van der Waals surface area contributed by atoms with Crippen molar-refractivity contribution in [3.05, 3.63) is 46.2 Å². The van der Waals surface area contributed by atoms with E-state index in [1.165, 1.54) is 4.68 Å². The molecule has 0 spiro atoms. The summed E-state index contributed by atoms with van der Waals surface area (Å²) in [6.07, 6.45) is 0.770. The lowest BCUT2D eigenvalue weighted by Gasteiger charge is -2.10. The fraction of sp³-hybridized carbons (Fsp3) is 0.267. The van der Waals surface area contributed by atoms with Crippen LogP contribution in [0.25, 0.3) is 11.3 Å². The van der Waals surface area contributed by atoms with Crippen molar-refractivity contribution in [2.75, 3.05) is 7.11 Å².